The zero-order chi connectivity index (χ0) is 15.5. The summed E-state index contributed by atoms with van der Waals surface area (Å²) in [6.07, 6.45) is 5.12. The van der Waals surface area contributed by atoms with E-state index in [1.54, 1.807) is 22.9 Å². The van der Waals surface area contributed by atoms with Gasteiger partial charge in [-0.3, -0.25) is 9.59 Å². The fraction of sp³-hybridized carbons (Fsp3) is 0.250. The molecule has 0 radical (unpaired) electrons. The van der Waals surface area contributed by atoms with Crippen molar-refractivity contribution in [3.05, 3.63) is 59.0 Å². The van der Waals surface area contributed by atoms with E-state index in [0.717, 1.165) is 11.9 Å². The van der Waals surface area contributed by atoms with Gasteiger partial charge in [0.05, 0.1) is 6.26 Å². The number of carbonyl (C=O) groups is 1. The van der Waals surface area contributed by atoms with Crippen LogP contribution in [0.2, 0.25) is 0 Å². The van der Waals surface area contributed by atoms with Crippen LogP contribution < -0.4 is 10.9 Å². The molecule has 0 bridgehead atoms. The van der Waals surface area contributed by atoms with Gasteiger partial charge in [0.25, 0.3) is 11.5 Å². The van der Waals surface area contributed by atoms with Crippen molar-refractivity contribution in [2.75, 3.05) is 6.54 Å². The summed E-state index contributed by atoms with van der Waals surface area (Å²) >= 11 is 0. The second kappa shape index (κ2) is 5.93. The first kappa shape index (κ1) is 14.2. The van der Waals surface area contributed by atoms with Crippen LogP contribution >= 0.6 is 0 Å². The molecule has 1 N–H and O–H groups in total. The first-order valence-electron chi connectivity index (χ1n) is 7.20. The van der Waals surface area contributed by atoms with Crippen molar-refractivity contribution >= 4 is 16.8 Å². The Labute approximate surface area is 127 Å². The number of aromatic nitrogens is 2. The number of fused-ring (bicyclic) bond motifs is 1. The Kier molecular flexibility index (Phi) is 3.82. The van der Waals surface area contributed by atoms with Gasteiger partial charge in [-0.05, 0) is 31.2 Å². The summed E-state index contributed by atoms with van der Waals surface area (Å²) in [5.74, 6) is -0.0151. The average molecular weight is 299 g/mol. The number of nitrogens with one attached hydrogen (secondary N) is 1. The minimum absolute atomic E-state index is 0.0448. The minimum atomic E-state index is -0.281. The predicted octanol–water partition coefficient (Wildman–Crippen LogP) is 1.85. The lowest BCUT2D eigenvalue weighted by Gasteiger charge is -2.08. The van der Waals surface area contributed by atoms with E-state index in [1.807, 2.05) is 29.8 Å². The summed E-state index contributed by atoms with van der Waals surface area (Å²) < 4.78 is 8.55. The van der Waals surface area contributed by atoms with Crippen LogP contribution in [0.5, 0.6) is 0 Å². The quantitative estimate of drug-likeness (QED) is 0.781. The zero-order valence-electron chi connectivity index (χ0n) is 12.3. The second-order valence-corrected chi connectivity index (χ2v) is 4.95. The van der Waals surface area contributed by atoms with Crippen molar-refractivity contribution in [1.82, 2.24) is 14.5 Å². The van der Waals surface area contributed by atoms with Gasteiger partial charge in [-0.25, -0.2) is 0 Å². The molecule has 1 amide bonds. The van der Waals surface area contributed by atoms with Gasteiger partial charge in [-0.15, -0.1) is 0 Å². The first-order chi connectivity index (χ1) is 10.7. The summed E-state index contributed by atoms with van der Waals surface area (Å²) in [5.41, 5.74) is 0.652. The minimum Gasteiger partial charge on any atom is -0.459 e. The Hall–Kier alpha value is -2.76. The molecule has 0 aliphatic carbocycles. The molecule has 0 aliphatic rings. The molecule has 6 nitrogen and oxygen atoms in total. The fourth-order valence-corrected chi connectivity index (χ4v) is 2.47. The number of pyridine rings is 1. The molecule has 0 aliphatic heterocycles. The lowest BCUT2D eigenvalue weighted by Crippen LogP contribution is -2.30. The third kappa shape index (κ3) is 2.55. The van der Waals surface area contributed by atoms with E-state index in [0.29, 0.717) is 18.6 Å². The first-order valence-corrected chi connectivity index (χ1v) is 7.20. The van der Waals surface area contributed by atoms with Crippen molar-refractivity contribution in [2.45, 2.75) is 20.0 Å². The standard InChI is InChI=1S/C16H17N3O3/c1-2-18-8-5-12-6-9-19(16(21)14(12)18)10-7-17-15(20)13-4-3-11-22-13/h3-6,8-9,11H,2,7,10H2,1H3,(H,17,20). The highest BCUT2D eigenvalue weighted by Gasteiger charge is 2.09. The van der Waals surface area contributed by atoms with Gasteiger partial charge < -0.3 is 18.9 Å². The van der Waals surface area contributed by atoms with Crippen molar-refractivity contribution in [1.29, 1.82) is 0 Å². The van der Waals surface area contributed by atoms with Crippen molar-refractivity contribution in [3.63, 3.8) is 0 Å². The van der Waals surface area contributed by atoms with E-state index in [9.17, 15) is 9.59 Å². The zero-order valence-corrected chi connectivity index (χ0v) is 12.3. The molecule has 0 spiro atoms. The lowest BCUT2D eigenvalue weighted by atomic mass is 10.3. The van der Waals surface area contributed by atoms with Crippen molar-refractivity contribution in [2.24, 2.45) is 0 Å². The number of furan rings is 1. The monoisotopic (exact) mass is 299 g/mol. The van der Waals surface area contributed by atoms with Gasteiger partial charge in [0.2, 0.25) is 0 Å². The van der Waals surface area contributed by atoms with Gasteiger partial charge >= 0.3 is 0 Å². The van der Waals surface area contributed by atoms with Gasteiger partial charge in [0.1, 0.15) is 5.52 Å². The Morgan fingerprint density at radius 3 is 2.68 bits per heavy atom. The highest BCUT2D eigenvalue weighted by atomic mass is 16.3. The van der Waals surface area contributed by atoms with Crippen LogP contribution in [0.25, 0.3) is 10.9 Å². The molecule has 0 atom stereocenters. The highest BCUT2D eigenvalue weighted by molar-refractivity contribution is 5.91. The van der Waals surface area contributed by atoms with Crippen LogP contribution in [-0.4, -0.2) is 21.6 Å². The molecule has 3 rings (SSSR count). The van der Waals surface area contributed by atoms with Crippen LogP contribution in [-0.2, 0) is 13.1 Å². The number of nitrogens with zero attached hydrogens (tertiary/aromatic N) is 2. The molecule has 114 valence electrons. The second-order valence-electron chi connectivity index (χ2n) is 4.95. The van der Waals surface area contributed by atoms with E-state index < -0.39 is 0 Å². The third-order valence-electron chi connectivity index (χ3n) is 3.62. The van der Waals surface area contributed by atoms with E-state index in [4.69, 9.17) is 4.42 Å². The maximum atomic E-state index is 12.5. The molecular formula is C16H17N3O3. The predicted molar refractivity (Wildman–Crippen MR) is 82.9 cm³/mol. The normalized spacial score (nSPS) is 11.0. The number of hydrogen-bond donors (Lipinski definition) is 1. The molecule has 3 aromatic rings. The van der Waals surface area contributed by atoms with E-state index in [1.165, 1.54) is 6.26 Å². The van der Waals surface area contributed by atoms with Gasteiger partial charge in [-0.2, -0.15) is 0 Å². The molecule has 0 fully saturated rings. The molecule has 3 aromatic heterocycles. The van der Waals surface area contributed by atoms with Crippen LogP contribution in [0, 0.1) is 0 Å². The molecular weight excluding hydrogens is 282 g/mol. The summed E-state index contributed by atoms with van der Waals surface area (Å²) in [5, 5.41) is 3.67. The SMILES string of the molecule is CCn1ccc2ccn(CCNC(=O)c3ccco3)c(=O)c21. The van der Waals surface area contributed by atoms with Crippen LogP contribution in [0.15, 0.2) is 52.1 Å². The van der Waals surface area contributed by atoms with Crippen molar-refractivity contribution < 1.29 is 9.21 Å². The lowest BCUT2D eigenvalue weighted by molar-refractivity contribution is 0.0924. The summed E-state index contributed by atoms with van der Waals surface area (Å²) in [6.45, 7) is 3.52. The summed E-state index contributed by atoms with van der Waals surface area (Å²) in [6, 6.07) is 7.11. The molecule has 0 saturated carbocycles. The molecule has 6 heteroatoms. The highest BCUT2D eigenvalue weighted by Crippen LogP contribution is 2.10. The molecule has 0 saturated heterocycles. The van der Waals surface area contributed by atoms with Gasteiger partial charge in [0.15, 0.2) is 5.76 Å². The van der Waals surface area contributed by atoms with Crippen LogP contribution in [0.3, 0.4) is 0 Å². The molecule has 3 heterocycles. The molecule has 22 heavy (non-hydrogen) atoms. The maximum absolute atomic E-state index is 12.5. The number of aryl methyl sites for hydroxylation is 1. The summed E-state index contributed by atoms with van der Waals surface area (Å²) in [4.78, 5) is 24.2. The largest absolute Gasteiger partial charge is 0.459 e. The van der Waals surface area contributed by atoms with E-state index in [-0.39, 0.29) is 17.2 Å². The van der Waals surface area contributed by atoms with Crippen LogP contribution in [0.1, 0.15) is 17.5 Å². The Morgan fingerprint density at radius 2 is 2.00 bits per heavy atom. The smallest absolute Gasteiger partial charge is 0.287 e. The molecule has 0 aromatic carbocycles. The Balaban J connectivity index is 1.73. The van der Waals surface area contributed by atoms with Gasteiger partial charge in [-0.1, -0.05) is 0 Å². The average Bonchev–Trinajstić information content (AvgIpc) is 3.18. The topological polar surface area (TPSA) is 69.2 Å². The van der Waals surface area contributed by atoms with Crippen LogP contribution in [0.4, 0.5) is 0 Å². The fourth-order valence-electron chi connectivity index (χ4n) is 2.47. The van der Waals surface area contributed by atoms with E-state index >= 15 is 0 Å². The molecule has 0 unspecified atom stereocenters. The maximum Gasteiger partial charge on any atom is 0.287 e. The number of hydrogen-bond acceptors (Lipinski definition) is 3. The Bertz CT molecular complexity index is 843. The third-order valence-corrected chi connectivity index (χ3v) is 3.62. The number of amides is 1. The summed E-state index contributed by atoms with van der Waals surface area (Å²) in [7, 11) is 0. The number of rotatable bonds is 5. The van der Waals surface area contributed by atoms with Crippen molar-refractivity contribution in [3.8, 4) is 0 Å². The Morgan fingerprint density at radius 1 is 1.23 bits per heavy atom. The van der Waals surface area contributed by atoms with E-state index in [2.05, 4.69) is 5.32 Å². The number of carbonyl (C=O) groups excluding carboxylic acids is 1. The van der Waals surface area contributed by atoms with Gasteiger partial charge in [0, 0.05) is 37.4 Å².